The van der Waals surface area contributed by atoms with Gasteiger partial charge in [-0.2, -0.15) is 0 Å². The first-order chi connectivity index (χ1) is 26.2. The van der Waals surface area contributed by atoms with Crippen molar-refractivity contribution < 1.29 is 0 Å². The second kappa shape index (κ2) is 13.0. The largest absolute Gasteiger partial charge is 0.310 e. The van der Waals surface area contributed by atoms with E-state index in [9.17, 15) is 0 Å². The summed E-state index contributed by atoms with van der Waals surface area (Å²) in [5.41, 5.74) is 17.3. The average molecular weight is 696 g/mol. The zero-order valence-corrected chi connectivity index (χ0v) is 31.8. The highest BCUT2D eigenvalue weighted by Gasteiger charge is 2.38. The number of anilines is 3. The van der Waals surface area contributed by atoms with E-state index in [0.29, 0.717) is 0 Å². The molecule has 0 saturated carbocycles. The molecule has 0 N–H and O–H groups in total. The van der Waals surface area contributed by atoms with Crippen molar-refractivity contribution in [3.63, 3.8) is 0 Å². The highest BCUT2D eigenvalue weighted by atomic mass is 15.1. The van der Waals surface area contributed by atoms with Gasteiger partial charge in [-0.05, 0) is 102 Å². The molecule has 0 fully saturated rings. The van der Waals surface area contributed by atoms with E-state index >= 15 is 0 Å². The lowest BCUT2D eigenvalue weighted by atomic mass is 9.81. The van der Waals surface area contributed by atoms with Crippen LogP contribution in [0.3, 0.4) is 0 Å². The van der Waals surface area contributed by atoms with Gasteiger partial charge in [0.25, 0.3) is 0 Å². The quantitative estimate of drug-likeness (QED) is 0.167. The predicted molar refractivity (Wildman–Crippen MR) is 231 cm³/mol. The summed E-state index contributed by atoms with van der Waals surface area (Å²) < 4.78 is 0. The molecule has 8 aromatic carbocycles. The Morgan fingerprint density at radius 3 is 1.72 bits per heavy atom. The van der Waals surface area contributed by atoms with Crippen molar-refractivity contribution in [3.05, 3.63) is 199 Å². The summed E-state index contributed by atoms with van der Waals surface area (Å²) >= 11 is 0. The Morgan fingerprint density at radius 1 is 0.407 bits per heavy atom. The SMILES string of the molecule is CC(C)(C)c1ccc(-c2cccc(N(c3cc(-c4ccccc4)c4c(c3)C(C)(C)c3ccccc3-4)c3ccccc3-c3ccccc3)c2)c2ccccc12. The molecule has 0 radical (unpaired) electrons. The maximum Gasteiger partial charge on any atom is 0.0540 e. The molecule has 9 rings (SSSR count). The van der Waals surface area contributed by atoms with Gasteiger partial charge in [0.2, 0.25) is 0 Å². The Hall–Kier alpha value is -6.18. The molecule has 8 aromatic rings. The monoisotopic (exact) mass is 695 g/mol. The maximum absolute atomic E-state index is 2.49. The van der Waals surface area contributed by atoms with Crippen LogP contribution >= 0.6 is 0 Å². The van der Waals surface area contributed by atoms with Crippen LogP contribution < -0.4 is 4.90 Å². The standard InChI is InChI=1S/C53H45N/c1-52(2,3)47-32-31-41(43-26-12-13-27-44(43)47)38-23-18-24-39(33-38)54(50-30-17-15-25-42(50)36-19-8-6-9-20-36)40-34-46(37-21-10-7-11-22-37)51-45-28-14-16-29-48(45)53(4,5)49(51)35-40/h6-35H,1-5H3. The molecule has 0 amide bonds. The molecule has 1 heteroatoms. The molecule has 0 aliphatic heterocycles. The Kier molecular flexibility index (Phi) is 8.12. The van der Waals surface area contributed by atoms with E-state index in [-0.39, 0.29) is 10.8 Å². The van der Waals surface area contributed by atoms with Crippen molar-refractivity contribution in [2.24, 2.45) is 0 Å². The lowest BCUT2D eigenvalue weighted by Gasteiger charge is -2.31. The average Bonchev–Trinajstić information content (AvgIpc) is 3.43. The van der Waals surface area contributed by atoms with Crippen LogP contribution in [0.5, 0.6) is 0 Å². The first-order valence-corrected chi connectivity index (χ1v) is 19.1. The second-order valence-electron chi connectivity index (χ2n) is 16.2. The molecule has 1 aliphatic carbocycles. The van der Waals surface area contributed by atoms with E-state index in [2.05, 4.69) is 222 Å². The summed E-state index contributed by atoms with van der Waals surface area (Å²) in [6.07, 6.45) is 0. The molecule has 0 saturated heterocycles. The van der Waals surface area contributed by atoms with Crippen molar-refractivity contribution in [2.45, 2.75) is 45.4 Å². The minimum atomic E-state index is -0.175. The van der Waals surface area contributed by atoms with Crippen LogP contribution in [0.15, 0.2) is 182 Å². The van der Waals surface area contributed by atoms with E-state index in [1.807, 2.05) is 0 Å². The van der Waals surface area contributed by atoms with Crippen LogP contribution in [0.1, 0.15) is 51.3 Å². The van der Waals surface area contributed by atoms with Gasteiger partial charge in [0.15, 0.2) is 0 Å². The van der Waals surface area contributed by atoms with Crippen molar-refractivity contribution in [2.75, 3.05) is 4.90 Å². The van der Waals surface area contributed by atoms with Crippen molar-refractivity contribution in [1.82, 2.24) is 0 Å². The van der Waals surface area contributed by atoms with Crippen LogP contribution in [0.2, 0.25) is 0 Å². The third-order valence-electron chi connectivity index (χ3n) is 11.4. The second-order valence-corrected chi connectivity index (χ2v) is 16.2. The van der Waals surface area contributed by atoms with Crippen LogP contribution in [-0.4, -0.2) is 0 Å². The zero-order chi connectivity index (χ0) is 37.0. The molecule has 0 aromatic heterocycles. The van der Waals surface area contributed by atoms with E-state index in [1.54, 1.807) is 0 Å². The summed E-state index contributed by atoms with van der Waals surface area (Å²) in [4.78, 5) is 2.49. The first kappa shape index (κ1) is 33.6. The van der Waals surface area contributed by atoms with Gasteiger partial charge in [-0.15, -0.1) is 0 Å². The van der Waals surface area contributed by atoms with Gasteiger partial charge >= 0.3 is 0 Å². The summed E-state index contributed by atoms with van der Waals surface area (Å²) in [5, 5.41) is 2.59. The Balaban J connectivity index is 1.32. The minimum Gasteiger partial charge on any atom is -0.310 e. The molecule has 1 aliphatic rings. The number of rotatable bonds is 6. The fourth-order valence-electron chi connectivity index (χ4n) is 8.75. The van der Waals surface area contributed by atoms with Crippen LogP contribution in [0, 0.1) is 0 Å². The molecular formula is C53H45N. The fraction of sp³-hybridized carbons (Fsp3) is 0.132. The van der Waals surface area contributed by atoms with E-state index < -0.39 is 0 Å². The molecule has 54 heavy (non-hydrogen) atoms. The van der Waals surface area contributed by atoms with Gasteiger partial charge in [0.1, 0.15) is 0 Å². The topological polar surface area (TPSA) is 3.24 Å². The Bertz CT molecular complexity index is 2660. The number of fused-ring (bicyclic) bond motifs is 4. The number of benzene rings is 8. The highest BCUT2D eigenvalue weighted by molar-refractivity contribution is 6.01. The molecule has 0 bridgehead atoms. The van der Waals surface area contributed by atoms with E-state index in [1.165, 1.54) is 72.0 Å². The lowest BCUT2D eigenvalue weighted by Crippen LogP contribution is -2.17. The Labute approximate surface area is 320 Å². The van der Waals surface area contributed by atoms with E-state index in [0.717, 1.165) is 17.1 Å². The smallest absolute Gasteiger partial charge is 0.0540 e. The lowest BCUT2D eigenvalue weighted by molar-refractivity contribution is 0.596. The van der Waals surface area contributed by atoms with Gasteiger partial charge in [-0.25, -0.2) is 0 Å². The highest BCUT2D eigenvalue weighted by Crippen LogP contribution is 2.55. The van der Waals surface area contributed by atoms with E-state index in [4.69, 9.17) is 0 Å². The van der Waals surface area contributed by atoms with Crippen molar-refractivity contribution in [1.29, 1.82) is 0 Å². The molecule has 0 heterocycles. The molecule has 262 valence electrons. The van der Waals surface area contributed by atoms with Crippen molar-refractivity contribution >= 4 is 27.8 Å². The fourth-order valence-corrected chi connectivity index (χ4v) is 8.75. The number of para-hydroxylation sites is 1. The number of nitrogens with zero attached hydrogens (tertiary/aromatic N) is 1. The van der Waals surface area contributed by atoms with Gasteiger partial charge in [-0.1, -0.05) is 186 Å². The zero-order valence-electron chi connectivity index (χ0n) is 31.8. The van der Waals surface area contributed by atoms with Crippen LogP contribution in [-0.2, 0) is 10.8 Å². The molecule has 0 spiro atoms. The van der Waals surface area contributed by atoms with Gasteiger partial charge in [-0.3, -0.25) is 0 Å². The third kappa shape index (κ3) is 5.63. The summed E-state index contributed by atoms with van der Waals surface area (Å²) in [7, 11) is 0. The molecule has 0 atom stereocenters. The molecule has 0 unspecified atom stereocenters. The summed E-state index contributed by atoms with van der Waals surface area (Å²) in [6, 6.07) is 67.1. The van der Waals surface area contributed by atoms with Crippen LogP contribution in [0.4, 0.5) is 17.1 Å². The molecular weight excluding hydrogens is 651 g/mol. The normalized spacial score (nSPS) is 13.1. The van der Waals surface area contributed by atoms with Gasteiger partial charge in [0.05, 0.1) is 5.69 Å². The minimum absolute atomic E-state index is 0.0371. The third-order valence-corrected chi connectivity index (χ3v) is 11.4. The first-order valence-electron chi connectivity index (χ1n) is 19.1. The number of hydrogen-bond donors (Lipinski definition) is 0. The van der Waals surface area contributed by atoms with Crippen LogP contribution in [0.25, 0.3) is 55.3 Å². The number of hydrogen-bond acceptors (Lipinski definition) is 1. The molecule has 1 nitrogen and oxygen atoms in total. The van der Waals surface area contributed by atoms with Gasteiger partial charge in [0, 0.05) is 22.4 Å². The summed E-state index contributed by atoms with van der Waals surface area (Å²) in [6.45, 7) is 11.7. The summed E-state index contributed by atoms with van der Waals surface area (Å²) in [5.74, 6) is 0. The van der Waals surface area contributed by atoms with Crippen molar-refractivity contribution in [3.8, 4) is 44.5 Å². The Morgan fingerprint density at radius 2 is 1.00 bits per heavy atom. The van der Waals surface area contributed by atoms with Gasteiger partial charge < -0.3 is 4.90 Å². The predicted octanol–water partition coefficient (Wildman–Crippen LogP) is 14.9. The maximum atomic E-state index is 2.49.